The van der Waals surface area contributed by atoms with Crippen molar-refractivity contribution in [1.82, 2.24) is 5.32 Å². The number of hydrogen-bond acceptors (Lipinski definition) is 5. The average Bonchev–Trinajstić information content (AvgIpc) is 3.63. The van der Waals surface area contributed by atoms with E-state index in [-0.39, 0.29) is 18.5 Å². The Bertz CT molecular complexity index is 1410. The van der Waals surface area contributed by atoms with Crippen LogP contribution in [-0.4, -0.2) is 47.4 Å². The Kier molecular flexibility index (Phi) is 78.3. The zero-order valence-corrected chi connectivity index (χ0v) is 61.4. The van der Waals surface area contributed by atoms with Gasteiger partial charge in [-0.3, -0.25) is 9.59 Å². The molecule has 0 heterocycles. The van der Waals surface area contributed by atoms with Crippen molar-refractivity contribution in [3.8, 4) is 0 Å². The SMILES string of the molecule is CCCCC/C=C\CCCCCCCC(=O)OCCCCCCCCCCCCCCCCCC/C=C\CCCCCCCCCCCCCCCCCCCC(=O)NC(CO)C(O)CCCCCCCCCCCCCCCCCCCCCCCCCC. The van der Waals surface area contributed by atoms with Crippen molar-refractivity contribution in [2.75, 3.05) is 13.2 Å². The molecule has 0 aromatic rings. The van der Waals surface area contributed by atoms with Gasteiger partial charge in [0.2, 0.25) is 5.91 Å². The third kappa shape index (κ3) is 75.4. The maximum atomic E-state index is 12.6. The Labute approximate surface area is 564 Å². The highest BCUT2D eigenvalue weighted by Crippen LogP contribution is 2.20. The van der Waals surface area contributed by atoms with Crippen LogP contribution in [0.3, 0.4) is 0 Å². The van der Waals surface area contributed by atoms with E-state index in [1.807, 2.05) is 0 Å². The van der Waals surface area contributed by atoms with E-state index >= 15 is 0 Å². The number of esters is 1. The minimum absolute atomic E-state index is 0.0122. The van der Waals surface area contributed by atoms with Gasteiger partial charge in [-0.15, -0.1) is 0 Å². The largest absolute Gasteiger partial charge is 0.466 e. The number of aliphatic hydroxyl groups excluding tert-OH is 2. The monoisotopic (exact) mass is 1270 g/mol. The molecule has 0 aliphatic rings. The molecule has 0 rings (SSSR count). The first kappa shape index (κ1) is 88.3. The molecule has 6 heteroatoms. The van der Waals surface area contributed by atoms with Crippen LogP contribution in [-0.2, 0) is 14.3 Å². The van der Waals surface area contributed by atoms with Gasteiger partial charge in [0.05, 0.1) is 25.4 Å². The van der Waals surface area contributed by atoms with Crippen molar-refractivity contribution in [2.45, 2.75) is 488 Å². The smallest absolute Gasteiger partial charge is 0.305 e. The van der Waals surface area contributed by atoms with Crippen LogP contribution in [0, 0.1) is 0 Å². The van der Waals surface area contributed by atoms with E-state index in [9.17, 15) is 19.8 Å². The number of rotatable bonds is 79. The van der Waals surface area contributed by atoms with Crippen LogP contribution in [0.1, 0.15) is 476 Å². The zero-order chi connectivity index (χ0) is 64.9. The van der Waals surface area contributed by atoms with Crippen molar-refractivity contribution >= 4 is 11.9 Å². The van der Waals surface area contributed by atoms with Gasteiger partial charge in [-0.25, -0.2) is 0 Å². The van der Waals surface area contributed by atoms with Crippen molar-refractivity contribution in [2.24, 2.45) is 0 Å². The summed E-state index contributed by atoms with van der Waals surface area (Å²) in [4.78, 5) is 24.6. The summed E-state index contributed by atoms with van der Waals surface area (Å²) in [5, 5.41) is 23.5. The van der Waals surface area contributed by atoms with Crippen molar-refractivity contribution in [3.05, 3.63) is 24.3 Å². The predicted octanol–water partition coefficient (Wildman–Crippen LogP) is 27.6. The van der Waals surface area contributed by atoms with E-state index in [0.29, 0.717) is 25.9 Å². The number of carbonyl (C=O) groups excluding carboxylic acids is 2. The van der Waals surface area contributed by atoms with E-state index in [0.717, 1.165) is 44.9 Å². The molecular formula is C84H163NO5. The number of unbranched alkanes of at least 4 members (excludes halogenated alkanes) is 64. The van der Waals surface area contributed by atoms with Gasteiger partial charge in [-0.2, -0.15) is 0 Å². The average molecular weight is 1270 g/mol. The number of aliphatic hydroxyl groups is 2. The van der Waals surface area contributed by atoms with Crippen LogP contribution in [0.2, 0.25) is 0 Å². The lowest BCUT2D eigenvalue weighted by Crippen LogP contribution is -2.45. The summed E-state index contributed by atoms with van der Waals surface area (Å²) in [6, 6.07) is -0.540. The van der Waals surface area contributed by atoms with Crippen molar-refractivity contribution in [3.63, 3.8) is 0 Å². The molecule has 1 amide bonds. The van der Waals surface area contributed by atoms with E-state index in [1.54, 1.807) is 0 Å². The quantitative estimate of drug-likeness (QED) is 0.0320. The second-order valence-corrected chi connectivity index (χ2v) is 28.8. The molecule has 0 aromatic heterocycles. The second-order valence-electron chi connectivity index (χ2n) is 28.8. The Hall–Kier alpha value is -1.66. The summed E-state index contributed by atoms with van der Waals surface area (Å²) in [6.07, 6.45) is 103. The van der Waals surface area contributed by atoms with Crippen LogP contribution in [0.15, 0.2) is 24.3 Å². The molecular weight excluding hydrogens is 1100 g/mol. The number of ether oxygens (including phenoxy) is 1. The highest BCUT2D eigenvalue weighted by molar-refractivity contribution is 5.76. The Balaban J connectivity index is 3.34. The summed E-state index contributed by atoms with van der Waals surface area (Å²) in [5.41, 5.74) is 0. The highest BCUT2D eigenvalue weighted by atomic mass is 16.5. The topological polar surface area (TPSA) is 95.9 Å². The standard InChI is InChI=1S/C84H163NO5/c1-3-5-7-9-11-13-15-17-18-19-20-21-22-38-41-44-47-50-53-56-60-64-68-72-76-82(87)81(80-86)85-83(88)77-73-69-65-61-57-54-51-48-45-42-39-36-34-32-30-28-26-24-23-25-27-29-31-33-35-37-40-43-46-49-52-55-59-63-67-71-75-79-90-84(89)78-74-70-66-62-58-16-14-12-10-8-6-4-2/h12,14,23,25,81-82,86-87H,3-11,13,15-22,24,26-80H2,1-2H3,(H,85,88)/b14-12-,25-23-. The number of allylic oxidation sites excluding steroid dienone is 4. The van der Waals surface area contributed by atoms with Crippen molar-refractivity contribution in [1.29, 1.82) is 0 Å². The molecule has 0 saturated heterocycles. The molecule has 0 spiro atoms. The van der Waals surface area contributed by atoms with Crippen LogP contribution in [0.4, 0.5) is 0 Å². The maximum absolute atomic E-state index is 12.6. The zero-order valence-electron chi connectivity index (χ0n) is 61.4. The molecule has 0 bridgehead atoms. The fourth-order valence-corrected chi connectivity index (χ4v) is 13.4. The molecule has 0 aliphatic carbocycles. The van der Waals surface area contributed by atoms with Crippen LogP contribution in [0.25, 0.3) is 0 Å². The highest BCUT2D eigenvalue weighted by Gasteiger charge is 2.20. The molecule has 0 fully saturated rings. The summed E-state index contributed by atoms with van der Waals surface area (Å²) < 4.78 is 5.48. The van der Waals surface area contributed by atoms with Gasteiger partial charge in [0, 0.05) is 12.8 Å². The summed E-state index contributed by atoms with van der Waals surface area (Å²) in [7, 11) is 0. The first-order valence-corrected chi connectivity index (χ1v) is 41.6. The molecule has 2 unspecified atom stereocenters. The molecule has 0 aromatic carbocycles. The van der Waals surface area contributed by atoms with Gasteiger partial charge < -0.3 is 20.3 Å². The summed E-state index contributed by atoms with van der Waals surface area (Å²) in [6.45, 7) is 4.98. The van der Waals surface area contributed by atoms with E-state index in [4.69, 9.17) is 4.74 Å². The minimum atomic E-state index is -0.663. The van der Waals surface area contributed by atoms with Gasteiger partial charge in [0.1, 0.15) is 0 Å². The van der Waals surface area contributed by atoms with Gasteiger partial charge in [-0.05, 0) is 77.0 Å². The third-order valence-electron chi connectivity index (χ3n) is 19.7. The Morgan fingerprint density at radius 3 is 0.811 bits per heavy atom. The molecule has 0 radical (unpaired) electrons. The fourth-order valence-electron chi connectivity index (χ4n) is 13.4. The first-order valence-electron chi connectivity index (χ1n) is 41.6. The van der Waals surface area contributed by atoms with Gasteiger partial charge in [0.25, 0.3) is 0 Å². The van der Waals surface area contributed by atoms with Crippen LogP contribution < -0.4 is 5.32 Å². The normalized spacial score (nSPS) is 12.5. The molecule has 534 valence electrons. The van der Waals surface area contributed by atoms with Crippen molar-refractivity contribution < 1.29 is 24.5 Å². The first-order chi connectivity index (χ1) is 44.5. The molecule has 2 atom stereocenters. The fraction of sp³-hybridized carbons (Fsp3) is 0.929. The van der Waals surface area contributed by atoms with E-state index < -0.39 is 12.1 Å². The summed E-state index contributed by atoms with van der Waals surface area (Å²) in [5.74, 6) is -0.0127. The molecule has 0 aliphatic heterocycles. The maximum Gasteiger partial charge on any atom is 0.305 e. The Morgan fingerprint density at radius 2 is 0.522 bits per heavy atom. The third-order valence-corrected chi connectivity index (χ3v) is 19.7. The number of carbonyl (C=O) groups is 2. The van der Waals surface area contributed by atoms with Gasteiger partial charge in [-0.1, -0.05) is 411 Å². The Morgan fingerprint density at radius 1 is 0.300 bits per heavy atom. The lowest BCUT2D eigenvalue weighted by Gasteiger charge is -2.22. The summed E-state index contributed by atoms with van der Waals surface area (Å²) >= 11 is 0. The number of amides is 1. The molecule has 3 N–H and O–H groups in total. The minimum Gasteiger partial charge on any atom is -0.466 e. The molecule has 6 nitrogen and oxygen atoms in total. The second kappa shape index (κ2) is 79.8. The lowest BCUT2D eigenvalue weighted by molar-refractivity contribution is -0.143. The predicted molar refractivity (Wildman–Crippen MR) is 398 cm³/mol. The van der Waals surface area contributed by atoms with Crippen LogP contribution >= 0.6 is 0 Å². The molecule has 90 heavy (non-hydrogen) atoms. The number of nitrogens with one attached hydrogen (secondary N) is 1. The lowest BCUT2D eigenvalue weighted by atomic mass is 10.0. The van der Waals surface area contributed by atoms with E-state index in [1.165, 1.54) is 398 Å². The van der Waals surface area contributed by atoms with Gasteiger partial charge in [0.15, 0.2) is 0 Å². The van der Waals surface area contributed by atoms with Crippen LogP contribution in [0.5, 0.6) is 0 Å². The van der Waals surface area contributed by atoms with Gasteiger partial charge >= 0.3 is 5.97 Å². The molecule has 0 saturated carbocycles. The van der Waals surface area contributed by atoms with E-state index in [2.05, 4.69) is 43.5 Å². The number of hydrogen-bond donors (Lipinski definition) is 3.